The number of carbonyl (C=O) groups excluding carboxylic acids is 2. The molecule has 0 radical (unpaired) electrons. The van der Waals surface area contributed by atoms with Gasteiger partial charge in [-0.25, -0.2) is 4.98 Å². The van der Waals surface area contributed by atoms with E-state index in [1.807, 2.05) is 19.1 Å². The molecule has 0 saturated heterocycles. The molecule has 3 rings (SSSR count). The van der Waals surface area contributed by atoms with Crippen molar-refractivity contribution in [1.82, 2.24) is 4.98 Å². The van der Waals surface area contributed by atoms with Crippen molar-refractivity contribution in [3.05, 3.63) is 82.5 Å². The Balaban J connectivity index is 1.74. The number of ketones is 1. The number of carbonyl (C=O) groups is 2. The first-order valence-corrected chi connectivity index (χ1v) is 8.72. The molecule has 27 heavy (non-hydrogen) atoms. The maximum atomic E-state index is 12.5. The number of nitrogens with one attached hydrogen (secondary N) is 2. The van der Waals surface area contributed by atoms with Crippen LogP contribution in [0.3, 0.4) is 0 Å². The van der Waals surface area contributed by atoms with E-state index >= 15 is 0 Å². The molecule has 1 amide bonds. The SMILES string of the molecule is CC(=O)c1ccc(NC(=O)c2ccnc(Nc3ccc(Cl)cc3C)c2)cc1. The number of rotatable bonds is 5. The number of aromatic nitrogens is 1. The minimum Gasteiger partial charge on any atom is -0.340 e. The largest absolute Gasteiger partial charge is 0.340 e. The minimum absolute atomic E-state index is 0.0183. The van der Waals surface area contributed by atoms with Crippen LogP contribution in [0.25, 0.3) is 0 Å². The quantitative estimate of drug-likeness (QED) is 0.594. The summed E-state index contributed by atoms with van der Waals surface area (Å²) in [6, 6.07) is 15.6. The summed E-state index contributed by atoms with van der Waals surface area (Å²) < 4.78 is 0. The third-order valence-electron chi connectivity index (χ3n) is 4.02. The van der Waals surface area contributed by atoms with Crippen LogP contribution in [-0.2, 0) is 0 Å². The zero-order valence-electron chi connectivity index (χ0n) is 14.9. The second kappa shape index (κ2) is 8.01. The molecule has 0 aliphatic carbocycles. The summed E-state index contributed by atoms with van der Waals surface area (Å²) in [5, 5.41) is 6.66. The molecule has 0 saturated carbocycles. The molecule has 5 nitrogen and oxygen atoms in total. The van der Waals surface area contributed by atoms with Crippen LogP contribution in [0.2, 0.25) is 5.02 Å². The average molecular weight is 380 g/mol. The fraction of sp³-hybridized carbons (Fsp3) is 0.0952. The molecule has 1 heterocycles. The van der Waals surface area contributed by atoms with Gasteiger partial charge in [0.2, 0.25) is 0 Å². The first-order chi connectivity index (χ1) is 12.9. The molecule has 0 unspecified atom stereocenters. The van der Waals surface area contributed by atoms with Crippen molar-refractivity contribution in [1.29, 1.82) is 0 Å². The Labute approximate surface area is 162 Å². The number of nitrogens with zero attached hydrogens (tertiary/aromatic N) is 1. The second-order valence-electron chi connectivity index (χ2n) is 6.10. The Kier molecular flexibility index (Phi) is 5.52. The van der Waals surface area contributed by atoms with Crippen LogP contribution in [0.1, 0.15) is 33.2 Å². The first-order valence-electron chi connectivity index (χ1n) is 8.34. The summed E-state index contributed by atoms with van der Waals surface area (Å²) in [6.45, 7) is 3.44. The Morgan fingerprint density at radius 3 is 2.37 bits per heavy atom. The van der Waals surface area contributed by atoms with E-state index in [9.17, 15) is 9.59 Å². The molecule has 0 bridgehead atoms. The van der Waals surface area contributed by atoms with Gasteiger partial charge in [-0.2, -0.15) is 0 Å². The molecule has 0 aliphatic heterocycles. The van der Waals surface area contributed by atoms with Crippen molar-refractivity contribution in [3.63, 3.8) is 0 Å². The summed E-state index contributed by atoms with van der Waals surface area (Å²) >= 11 is 5.98. The van der Waals surface area contributed by atoms with Crippen molar-refractivity contribution in [3.8, 4) is 0 Å². The van der Waals surface area contributed by atoms with Gasteiger partial charge in [-0.15, -0.1) is 0 Å². The van der Waals surface area contributed by atoms with Crippen molar-refractivity contribution >= 4 is 40.5 Å². The molecule has 2 aromatic carbocycles. The highest BCUT2D eigenvalue weighted by Crippen LogP contribution is 2.23. The lowest BCUT2D eigenvalue weighted by Gasteiger charge is -2.11. The summed E-state index contributed by atoms with van der Waals surface area (Å²) in [6.07, 6.45) is 1.57. The summed E-state index contributed by atoms with van der Waals surface area (Å²) in [7, 11) is 0. The van der Waals surface area contributed by atoms with E-state index in [1.165, 1.54) is 6.92 Å². The number of anilines is 3. The van der Waals surface area contributed by atoms with Gasteiger partial charge in [-0.3, -0.25) is 9.59 Å². The predicted molar refractivity (Wildman–Crippen MR) is 108 cm³/mol. The van der Waals surface area contributed by atoms with Crippen molar-refractivity contribution in [2.45, 2.75) is 13.8 Å². The highest BCUT2D eigenvalue weighted by atomic mass is 35.5. The van der Waals surface area contributed by atoms with Crippen LogP contribution in [0.15, 0.2) is 60.8 Å². The lowest BCUT2D eigenvalue weighted by Crippen LogP contribution is -2.12. The number of halogens is 1. The summed E-state index contributed by atoms with van der Waals surface area (Å²) in [5.74, 6) is 0.277. The first kappa shape index (κ1) is 18.6. The lowest BCUT2D eigenvalue weighted by molar-refractivity contribution is 0.101. The Bertz CT molecular complexity index is 1000. The van der Waals surface area contributed by atoms with Crippen molar-refractivity contribution in [2.75, 3.05) is 10.6 Å². The number of pyridine rings is 1. The van der Waals surface area contributed by atoms with E-state index in [-0.39, 0.29) is 11.7 Å². The molecule has 2 N–H and O–H groups in total. The molecule has 0 atom stereocenters. The van der Waals surface area contributed by atoms with Gasteiger partial charge in [0, 0.05) is 33.7 Å². The number of benzene rings is 2. The lowest BCUT2D eigenvalue weighted by atomic mass is 10.1. The van der Waals surface area contributed by atoms with Gasteiger partial charge in [0.15, 0.2) is 5.78 Å². The summed E-state index contributed by atoms with van der Waals surface area (Å²) in [4.78, 5) is 28.1. The minimum atomic E-state index is -0.260. The third-order valence-corrected chi connectivity index (χ3v) is 4.26. The van der Waals surface area contributed by atoms with Gasteiger partial charge < -0.3 is 10.6 Å². The molecule has 3 aromatic rings. The maximum absolute atomic E-state index is 12.5. The number of amides is 1. The average Bonchev–Trinajstić information content (AvgIpc) is 2.65. The van der Waals surface area contributed by atoms with Crippen LogP contribution in [0.4, 0.5) is 17.2 Å². The topological polar surface area (TPSA) is 71.1 Å². The van der Waals surface area contributed by atoms with E-state index in [0.717, 1.165) is 11.3 Å². The number of hydrogen-bond acceptors (Lipinski definition) is 4. The van der Waals surface area contributed by atoms with E-state index in [2.05, 4.69) is 15.6 Å². The molecular weight excluding hydrogens is 362 g/mol. The van der Waals surface area contributed by atoms with Crippen LogP contribution in [0, 0.1) is 6.92 Å². The molecule has 6 heteroatoms. The van der Waals surface area contributed by atoms with E-state index in [4.69, 9.17) is 11.6 Å². The van der Waals surface area contributed by atoms with Gasteiger partial charge in [0.05, 0.1) is 0 Å². The fourth-order valence-corrected chi connectivity index (χ4v) is 2.76. The molecule has 0 fully saturated rings. The second-order valence-corrected chi connectivity index (χ2v) is 6.54. The van der Waals surface area contributed by atoms with Crippen molar-refractivity contribution in [2.24, 2.45) is 0 Å². The highest BCUT2D eigenvalue weighted by Gasteiger charge is 2.09. The molecule has 1 aromatic heterocycles. The van der Waals surface area contributed by atoms with Crippen LogP contribution in [-0.4, -0.2) is 16.7 Å². The molecule has 0 spiro atoms. The Morgan fingerprint density at radius 1 is 0.963 bits per heavy atom. The number of hydrogen-bond donors (Lipinski definition) is 2. The standard InChI is InChI=1S/C21H18ClN3O2/c1-13-11-17(22)5-8-19(13)25-20-12-16(9-10-23-20)21(27)24-18-6-3-15(4-7-18)14(2)26/h3-12H,1-2H3,(H,23,25)(H,24,27). The predicted octanol–water partition coefficient (Wildman–Crippen LogP) is 5.24. The van der Waals surface area contributed by atoms with Gasteiger partial charge in [-0.05, 0) is 74.0 Å². The fourth-order valence-electron chi connectivity index (χ4n) is 2.54. The Morgan fingerprint density at radius 2 is 1.70 bits per heavy atom. The van der Waals surface area contributed by atoms with Crippen molar-refractivity contribution < 1.29 is 9.59 Å². The molecule has 136 valence electrons. The highest BCUT2D eigenvalue weighted by molar-refractivity contribution is 6.30. The van der Waals surface area contributed by atoms with E-state index in [1.54, 1.807) is 48.7 Å². The third kappa shape index (κ3) is 4.71. The zero-order chi connectivity index (χ0) is 19.4. The molecular formula is C21H18ClN3O2. The van der Waals surface area contributed by atoms with Gasteiger partial charge in [-0.1, -0.05) is 11.6 Å². The maximum Gasteiger partial charge on any atom is 0.255 e. The van der Waals surface area contributed by atoms with Crippen LogP contribution >= 0.6 is 11.6 Å². The Hall–Kier alpha value is -3.18. The van der Waals surface area contributed by atoms with Crippen LogP contribution in [0.5, 0.6) is 0 Å². The number of aryl methyl sites for hydroxylation is 1. The zero-order valence-corrected chi connectivity index (χ0v) is 15.7. The number of Topliss-reactive ketones (excluding diaryl/α,β-unsaturated/α-hetero) is 1. The monoisotopic (exact) mass is 379 g/mol. The van der Waals surface area contributed by atoms with Gasteiger partial charge >= 0.3 is 0 Å². The van der Waals surface area contributed by atoms with Crippen LogP contribution < -0.4 is 10.6 Å². The van der Waals surface area contributed by atoms with E-state index in [0.29, 0.717) is 27.7 Å². The molecule has 0 aliphatic rings. The normalized spacial score (nSPS) is 10.3. The van der Waals surface area contributed by atoms with E-state index < -0.39 is 0 Å². The van der Waals surface area contributed by atoms with Gasteiger partial charge in [0.1, 0.15) is 5.82 Å². The smallest absolute Gasteiger partial charge is 0.255 e. The summed E-state index contributed by atoms with van der Waals surface area (Å²) in [5.41, 5.74) is 3.52. The van der Waals surface area contributed by atoms with Gasteiger partial charge in [0.25, 0.3) is 5.91 Å².